The van der Waals surface area contributed by atoms with E-state index in [-0.39, 0.29) is 17.7 Å². The number of nitrogens with zero attached hydrogens (tertiary/aromatic N) is 2. The third-order valence-corrected chi connectivity index (χ3v) is 3.15. The highest BCUT2D eigenvalue weighted by Gasteiger charge is 2.18. The highest BCUT2D eigenvalue weighted by Crippen LogP contribution is 2.15. The van der Waals surface area contributed by atoms with E-state index in [1.54, 1.807) is 6.20 Å². The molecule has 0 aliphatic heterocycles. The summed E-state index contributed by atoms with van der Waals surface area (Å²) in [5.41, 5.74) is 6.45. The normalized spacial score (nSPS) is 14.4. The van der Waals surface area contributed by atoms with Crippen molar-refractivity contribution in [1.82, 2.24) is 9.78 Å². The van der Waals surface area contributed by atoms with Crippen LogP contribution >= 0.6 is 0 Å². The van der Waals surface area contributed by atoms with Crippen molar-refractivity contribution < 1.29 is 4.79 Å². The quantitative estimate of drug-likeness (QED) is 0.722. The SMILES string of the molecule is CCCn1nccc1C(=O)C(C)CCCC(C)N. The summed E-state index contributed by atoms with van der Waals surface area (Å²) in [6.07, 6.45) is 5.58. The minimum Gasteiger partial charge on any atom is -0.328 e. The van der Waals surface area contributed by atoms with E-state index in [0.29, 0.717) is 0 Å². The molecule has 1 heterocycles. The lowest BCUT2D eigenvalue weighted by molar-refractivity contribution is 0.0910. The largest absolute Gasteiger partial charge is 0.328 e. The second kappa shape index (κ2) is 7.31. The predicted octanol–water partition coefficient (Wildman–Crippen LogP) is 2.63. The van der Waals surface area contributed by atoms with Crippen molar-refractivity contribution >= 4 is 5.78 Å². The van der Waals surface area contributed by atoms with E-state index in [1.165, 1.54) is 0 Å². The molecule has 0 spiro atoms. The van der Waals surface area contributed by atoms with E-state index in [4.69, 9.17) is 5.73 Å². The number of aryl methyl sites for hydroxylation is 1. The molecule has 1 aromatic heterocycles. The zero-order valence-corrected chi connectivity index (χ0v) is 11.7. The van der Waals surface area contributed by atoms with Crippen LogP contribution in [-0.2, 0) is 6.54 Å². The molecule has 2 N–H and O–H groups in total. The Bertz CT molecular complexity index is 371. The Hall–Kier alpha value is -1.16. The Morgan fingerprint density at radius 2 is 2.17 bits per heavy atom. The summed E-state index contributed by atoms with van der Waals surface area (Å²) in [5, 5.41) is 4.19. The fourth-order valence-electron chi connectivity index (χ4n) is 2.06. The van der Waals surface area contributed by atoms with E-state index in [2.05, 4.69) is 12.0 Å². The minimum atomic E-state index is 0.0519. The first-order valence-corrected chi connectivity index (χ1v) is 6.87. The Morgan fingerprint density at radius 1 is 1.44 bits per heavy atom. The maximum absolute atomic E-state index is 12.3. The van der Waals surface area contributed by atoms with Crippen LogP contribution in [0.1, 0.15) is 56.9 Å². The first kappa shape index (κ1) is 14.9. The van der Waals surface area contributed by atoms with Crippen molar-refractivity contribution in [2.45, 2.75) is 59.0 Å². The Morgan fingerprint density at radius 3 is 2.78 bits per heavy atom. The number of nitrogens with two attached hydrogens (primary N) is 1. The van der Waals surface area contributed by atoms with Gasteiger partial charge in [-0.15, -0.1) is 0 Å². The van der Waals surface area contributed by atoms with Crippen LogP contribution in [0, 0.1) is 5.92 Å². The first-order chi connectivity index (χ1) is 8.56. The van der Waals surface area contributed by atoms with Crippen molar-refractivity contribution in [1.29, 1.82) is 0 Å². The summed E-state index contributed by atoms with van der Waals surface area (Å²) >= 11 is 0. The zero-order chi connectivity index (χ0) is 13.5. The summed E-state index contributed by atoms with van der Waals surface area (Å²) < 4.78 is 1.81. The van der Waals surface area contributed by atoms with Crippen LogP contribution < -0.4 is 5.73 Å². The minimum absolute atomic E-state index is 0.0519. The summed E-state index contributed by atoms with van der Waals surface area (Å²) in [6, 6.07) is 2.04. The highest BCUT2D eigenvalue weighted by atomic mass is 16.1. The Kier molecular flexibility index (Phi) is 6.05. The average Bonchev–Trinajstić information content (AvgIpc) is 2.76. The second-order valence-corrected chi connectivity index (χ2v) is 5.11. The van der Waals surface area contributed by atoms with Gasteiger partial charge in [0.2, 0.25) is 0 Å². The van der Waals surface area contributed by atoms with Gasteiger partial charge in [-0.1, -0.05) is 20.3 Å². The van der Waals surface area contributed by atoms with Gasteiger partial charge in [0.15, 0.2) is 5.78 Å². The van der Waals surface area contributed by atoms with Crippen LogP contribution in [0.4, 0.5) is 0 Å². The summed E-state index contributed by atoms with van der Waals surface area (Å²) in [5.74, 6) is 0.252. The first-order valence-electron chi connectivity index (χ1n) is 6.87. The van der Waals surface area contributed by atoms with Crippen LogP contribution in [0.2, 0.25) is 0 Å². The van der Waals surface area contributed by atoms with Gasteiger partial charge in [-0.05, 0) is 32.3 Å². The van der Waals surface area contributed by atoms with Crippen molar-refractivity contribution in [3.63, 3.8) is 0 Å². The molecule has 0 saturated heterocycles. The van der Waals surface area contributed by atoms with Crippen LogP contribution in [0.3, 0.4) is 0 Å². The van der Waals surface area contributed by atoms with Gasteiger partial charge in [0.05, 0.1) is 0 Å². The number of ketones is 1. The van der Waals surface area contributed by atoms with Gasteiger partial charge in [-0.25, -0.2) is 0 Å². The van der Waals surface area contributed by atoms with Crippen LogP contribution in [0.25, 0.3) is 0 Å². The third-order valence-electron chi connectivity index (χ3n) is 3.15. The fraction of sp³-hybridized carbons (Fsp3) is 0.714. The standard InChI is InChI=1S/C14H25N3O/c1-4-10-17-13(8-9-16-17)14(18)11(2)6-5-7-12(3)15/h8-9,11-12H,4-7,10,15H2,1-3H3. The van der Waals surface area contributed by atoms with Crippen LogP contribution in [-0.4, -0.2) is 21.6 Å². The lowest BCUT2D eigenvalue weighted by Crippen LogP contribution is -2.19. The van der Waals surface area contributed by atoms with E-state index in [0.717, 1.165) is 37.9 Å². The van der Waals surface area contributed by atoms with Crippen LogP contribution in [0.15, 0.2) is 12.3 Å². The molecule has 2 unspecified atom stereocenters. The van der Waals surface area contributed by atoms with Crippen molar-refractivity contribution in [3.8, 4) is 0 Å². The second-order valence-electron chi connectivity index (χ2n) is 5.11. The molecule has 0 saturated carbocycles. The topological polar surface area (TPSA) is 60.9 Å². The number of hydrogen-bond acceptors (Lipinski definition) is 3. The van der Waals surface area contributed by atoms with Gasteiger partial charge < -0.3 is 5.73 Å². The van der Waals surface area contributed by atoms with Crippen molar-refractivity contribution in [2.24, 2.45) is 11.7 Å². The van der Waals surface area contributed by atoms with Gasteiger partial charge in [-0.2, -0.15) is 5.10 Å². The lowest BCUT2D eigenvalue weighted by atomic mass is 9.96. The summed E-state index contributed by atoms with van der Waals surface area (Å²) in [6.45, 7) is 6.89. The number of carbonyl (C=O) groups is 1. The molecule has 0 fully saturated rings. The molecule has 18 heavy (non-hydrogen) atoms. The van der Waals surface area contributed by atoms with Crippen molar-refractivity contribution in [2.75, 3.05) is 0 Å². The van der Waals surface area contributed by atoms with Gasteiger partial charge in [-0.3, -0.25) is 9.48 Å². The van der Waals surface area contributed by atoms with Gasteiger partial charge in [0, 0.05) is 24.7 Å². The molecule has 1 aromatic rings. The van der Waals surface area contributed by atoms with Crippen LogP contribution in [0.5, 0.6) is 0 Å². The van der Waals surface area contributed by atoms with Gasteiger partial charge >= 0.3 is 0 Å². The summed E-state index contributed by atoms with van der Waals surface area (Å²) in [4.78, 5) is 12.3. The summed E-state index contributed by atoms with van der Waals surface area (Å²) in [7, 11) is 0. The molecular formula is C14H25N3O. The average molecular weight is 251 g/mol. The fourth-order valence-corrected chi connectivity index (χ4v) is 2.06. The molecular weight excluding hydrogens is 226 g/mol. The molecule has 0 aliphatic rings. The number of carbonyl (C=O) groups excluding carboxylic acids is 1. The maximum Gasteiger partial charge on any atom is 0.183 e. The smallest absolute Gasteiger partial charge is 0.183 e. The van der Waals surface area contributed by atoms with E-state index >= 15 is 0 Å². The third kappa shape index (κ3) is 4.26. The monoisotopic (exact) mass is 251 g/mol. The van der Waals surface area contributed by atoms with E-state index in [9.17, 15) is 4.79 Å². The molecule has 0 aliphatic carbocycles. The Labute approximate surface area is 110 Å². The maximum atomic E-state index is 12.3. The van der Waals surface area contributed by atoms with Crippen molar-refractivity contribution in [3.05, 3.63) is 18.0 Å². The molecule has 4 heteroatoms. The number of aromatic nitrogens is 2. The van der Waals surface area contributed by atoms with Gasteiger partial charge in [0.25, 0.3) is 0 Å². The number of Topliss-reactive ketones (excluding diaryl/α,β-unsaturated/α-hetero) is 1. The predicted molar refractivity (Wildman–Crippen MR) is 73.5 cm³/mol. The van der Waals surface area contributed by atoms with E-state index in [1.807, 2.05) is 24.6 Å². The van der Waals surface area contributed by atoms with Gasteiger partial charge in [0.1, 0.15) is 5.69 Å². The molecule has 1 rings (SSSR count). The number of rotatable bonds is 8. The lowest BCUT2D eigenvalue weighted by Gasteiger charge is -2.12. The molecule has 2 atom stereocenters. The molecule has 102 valence electrons. The zero-order valence-electron chi connectivity index (χ0n) is 11.7. The molecule has 0 bridgehead atoms. The molecule has 0 amide bonds. The molecule has 4 nitrogen and oxygen atoms in total. The number of hydrogen-bond donors (Lipinski definition) is 1. The Balaban J connectivity index is 2.54. The van der Waals surface area contributed by atoms with E-state index < -0.39 is 0 Å². The molecule has 0 aromatic carbocycles. The molecule has 0 radical (unpaired) electrons. The highest BCUT2D eigenvalue weighted by molar-refractivity contribution is 5.96.